The fourth-order valence-corrected chi connectivity index (χ4v) is 8.07. The third kappa shape index (κ3) is 4.77. The molecule has 0 N–H and O–H groups in total. The van der Waals surface area contributed by atoms with Crippen molar-refractivity contribution in [3.8, 4) is 51.1 Å². The summed E-state index contributed by atoms with van der Waals surface area (Å²) in [5, 5.41) is 4.98. The SMILES string of the molecule is c1ccc(-c2nc(-c3ccccc3)nc(-c3ccnc(-n4c5ccccc5c5cc(-c6ccc7c(c6)sc6ccccc67)ccc54)c3)n2)cc1. The summed E-state index contributed by atoms with van der Waals surface area (Å²) in [5.74, 6) is 2.66. The molecule has 5 nitrogen and oxygen atoms in total. The van der Waals surface area contributed by atoms with Gasteiger partial charge in [-0.2, -0.15) is 0 Å². The summed E-state index contributed by atoms with van der Waals surface area (Å²) >= 11 is 1.85. The first-order chi connectivity index (χ1) is 24.8. The van der Waals surface area contributed by atoms with Crippen LogP contribution >= 0.6 is 11.3 Å². The van der Waals surface area contributed by atoms with Crippen molar-refractivity contribution in [1.29, 1.82) is 0 Å². The van der Waals surface area contributed by atoms with Crippen LogP contribution in [0.15, 0.2) is 164 Å². The van der Waals surface area contributed by atoms with E-state index in [1.54, 1.807) is 0 Å². The van der Waals surface area contributed by atoms with Gasteiger partial charge in [0.2, 0.25) is 0 Å². The van der Waals surface area contributed by atoms with Crippen molar-refractivity contribution >= 4 is 53.3 Å². The normalized spacial score (nSPS) is 11.6. The molecule has 10 aromatic rings. The van der Waals surface area contributed by atoms with Gasteiger partial charge in [-0.05, 0) is 53.6 Å². The number of nitrogens with zero attached hydrogens (tertiary/aromatic N) is 5. The molecule has 0 atom stereocenters. The average Bonchev–Trinajstić information content (AvgIpc) is 3.73. The zero-order valence-electron chi connectivity index (χ0n) is 26.7. The minimum Gasteiger partial charge on any atom is -0.294 e. The highest BCUT2D eigenvalue weighted by molar-refractivity contribution is 7.25. The molecule has 0 saturated carbocycles. The molecule has 50 heavy (non-hydrogen) atoms. The number of thiophene rings is 1. The third-order valence-electron chi connectivity index (χ3n) is 9.32. The number of para-hydroxylation sites is 1. The van der Waals surface area contributed by atoms with Crippen LogP contribution in [0.1, 0.15) is 0 Å². The third-order valence-corrected chi connectivity index (χ3v) is 10.5. The Morgan fingerprint density at radius 1 is 0.380 bits per heavy atom. The van der Waals surface area contributed by atoms with Crippen LogP contribution in [0.2, 0.25) is 0 Å². The highest BCUT2D eigenvalue weighted by atomic mass is 32.1. The quantitative estimate of drug-likeness (QED) is 0.185. The van der Waals surface area contributed by atoms with Gasteiger partial charge >= 0.3 is 0 Å². The first-order valence-electron chi connectivity index (χ1n) is 16.6. The maximum atomic E-state index is 4.97. The predicted octanol–water partition coefficient (Wildman–Crippen LogP) is 11.4. The Kier molecular flexibility index (Phi) is 6.60. The van der Waals surface area contributed by atoms with E-state index in [9.17, 15) is 0 Å². The summed E-state index contributed by atoms with van der Waals surface area (Å²) in [5.41, 5.74) is 7.32. The molecule has 4 aromatic heterocycles. The van der Waals surface area contributed by atoms with Gasteiger partial charge < -0.3 is 0 Å². The number of pyridine rings is 1. The molecule has 0 aliphatic rings. The average molecular weight is 658 g/mol. The first-order valence-corrected chi connectivity index (χ1v) is 17.4. The van der Waals surface area contributed by atoms with Crippen molar-refractivity contribution in [2.24, 2.45) is 0 Å². The van der Waals surface area contributed by atoms with Crippen molar-refractivity contribution in [3.63, 3.8) is 0 Å². The maximum Gasteiger partial charge on any atom is 0.164 e. The van der Waals surface area contributed by atoms with Gasteiger partial charge in [-0.25, -0.2) is 19.9 Å². The molecule has 0 aliphatic carbocycles. The van der Waals surface area contributed by atoms with Crippen molar-refractivity contribution < 1.29 is 0 Å². The van der Waals surface area contributed by atoms with Crippen LogP contribution in [0.5, 0.6) is 0 Å². The summed E-state index contributed by atoms with van der Waals surface area (Å²) in [4.78, 5) is 19.7. The molecule has 0 saturated heterocycles. The van der Waals surface area contributed by atoms with E-state index in [1.165, 1.54) is 42.1 Å². The van der Waals surface area contributed by atoms with E-state index in [-0.39, 0.29) is 0 Å². The second-order valence-electron chi connectivity index (χ2n) is 12.3. The van der Waals surface area contributed by atoms with E-state index in [4.69, 9.17) is 19.9 Å². The summed E-state index contributed by atoms with van der Waals surface area (Å²) in [6.07, 6.45) is 1.84. The van der Waals surface area contributed by atoms with Gasteiger partial charge in [0.25, 0.3) is 0 Å². The number of aromatic nitrogens is 5. The molecular formula is C44H27N5S. The van der Waals surface area contributed by atoms with E-state index < -0.39 is 0 Å². The Balaban J connectivity index is 1.11. The van der Waals surface area contributed by atoms with Crippen LogP contribution < -0.4 is 0 Å². The van der Waals surface area contributed by atoms with Crippen LogP contribution in [0, 0.1) is 0 Å². The van der Waals surface area contributed by atoms with Gasteiger partial charge in [0.05, 0.1) is 11.0 Å². The molecule has 0 aliphatic heterocycles. The zero-order chi connectivity index (χ0) is 33.0. The van der Waals surface area contributed by atoms with Gasteiger partial charge in [0.1, 0.15) is 5.82 Å². The van der Waals surface area contributed by atoms with Crippen LogP contribution in [0.4, 0.5) is 0 Å². The van der Waals surface area contributed by atoms with Crippen molar-refractivity contribution in [2.45, 2.75) is 0 Å². The lowest BCUT2D eigenvalue weighted by molar-refractivity contribution is 1.05. The fourth-order valence-electron chi connectivity index (χ4n) is 6.92. The lowest BCUT2D eigenvalue weighted by Crippen LogP contribution is -2.02. The van der Waals surface area contributed by atoms with Gasteiger partial charge in [-0.15, -0.1) is 11.3 Å². The molecular weight excluding hydrogens is 631 g/mol. The topological polar surface area (TPSA) is 56.5 Å². The minimum atomic E-state index is 0.598. The van der Waals surface area contributed by atoms with E-state index in [2.05, 4.69) is 95.6 Å². The van der Waals surface area contributed by atoms with Crippen molar-refractivity contribution in [3.05, 3.63) is 164 Å². The molecule has 0 unspecified atom stereocenters. The Bertz CT molecular complexity index is 2820. The molecule has 234 valence electrons. The van der Waals surface area contributed by atoms with Crippen LogP contribution in [-0.2, 0) is 0 Å². The molecule has 0 fully saturated rings. The lowest BCUT2D eigenvalue weighted by Gasteiger charge is -2.11. The summed E-state index contributed by atoms with van der Waals surface area (Å²) < 4.78 is 4.86. The smallest absolute Gasteiger partial charge is 0.164 e. The lowest BCUT2D eigenvalue weighted by atomic mass is 10.0. The standard InChI is InChI=1S/C44H27N5S/c1-3-11-28(12-4-1)42-46-43(29-13-5-2-6-14-29)48-44(47-42)32-23-24-45-41(27-32)49-37-17-9-7-15-33(37)36-25-30(20-22-38(36)49)31-19-21-35-34-16-8-10-18-39(34)50-40(35)26-31/h1-27H. The number of rotatable bonds is 5. The highest BCUT2D eigenvalue weighted by Gasteiger charge is 2.17. The van der Waals surface area contributed by atoms with Gasteiger partial charge in [0.15, 0.2) is 17.5 Å². The number of fused-ring (bicyclic) bond motifs is 6. The molecule has 6 aromatic carbocycles. The Labute approximate surface area is 291 Å². The van der Waals surface area contributed by atoms with Gasteiger partial charge in [0, 0.05) is 53.8 Å². The first kappa shape index (κ1) is 28.5. The minimum absolute atomic E-state index is 0.598. The molecule has 0 radical (unpaired) electrons. The fraction of sp³-hybridized carbons (Fsp3) is 0. The molecule has 0 amide bonds. The van der Waals surface area contributed by atoms with Crippen LogP contribution in [-0.4, -0.2) is 24.5 Å². The Hall–Kier alpha value is -6.50. The largest absolute Gasteiger partial charge is 0.294 e. The van der Waals surface area contributed by atoms with E-state index in [0.717, 1.165) is 33.5 Å². The summed E-state index contributed by atoms with van der Waals surface area (Å²) in [6.45, 7) is 0. The van der Waals surface area contributed by atoms with Gasteiger partial charge in [-0.3, -0.25) is 4.57 Å². The number of hydrogen-bond donors (Lipinski definition) is 0. The van der Waals surface area contributed by atoms with E-state index in [1.807, 2.05) is 84.3 Å². The maximum absolute atomic E-state index is 4.97. The van der Waals surface area contributed by atoms with Crippen LogP contribution in [0.3, 0.4) is 0 Å². The molecule has 10 rings (SSSR count). The summed E-state index contributed by atoms with van der Waals surface area (Å²) in [6, 6.07) is 54.9. The van der Waals surface area contributed by atoms with Crippen molar-refractivity contribution in [2.75, 3.05) is 0 Å². The highest BCUT2D eigenvalue weighted by Crippen LogP contribution is 2.39. The number of benzene rings is 6. The Morgan fingerprint density at radius 2 is 0.960 bits per heavy atom. The van der Waals surface area contributed by atoms with E-state index in [0.29, 0.717) is 17.5 Å². The second-order valence-corrected chi connectivity index (χ2v) is 13.4. The number of hydrogen-bond acceptors (Lipinski definition) is 5. The van der Waals surface area contributed by atoms with Gasteiger partial charge in [-0.1, -0.05) is 115 Å². The van der Waals surface area contributed by atoms with E-state index >= 15 is 0 Å². The molecule has 0 bridgehead atoms. The summed E-state index contributed by atoms with van der Waals surface area (Å²) in [7, 11) is 0. The van der Waals surface area contributed by atoms with Crippen molar-refractivity contribution in [1.82, 2.24) is 24.5 Å². The molecule has 4 heterocycles. The van der Waals surface area contributed by atoms with Crippen LogP contribution in [0.25, 0.3) is 93.1 Å². The Morgan fingerprint density at radius 3 is 1.72 bits per heavy atom. The second kappa shape index (κ2) is 11.6. The molecule has 0 spiro atoms. The zero-order valence-corrected chi connectivity index (χ0v) is 27.5. The predicted molar refractivity (Wildman–Crippen MR) is 207 cm³/mol. The molecule has 6 heteroatoms. The monoisotopic (exact) mass is 657 g/mol.